The lowest BCUT2D eigenvalue weighted by Crippen LogP contribution is -2.40. The Morgan fingerprint density at radius 3 is 2.50 bits per heavy atom. The summed E-state index contributed by atoms with van der Waals surface area (Å²) in [6, 6.07) is 0. The third-order valence-corrected chi connectivity index (χ3v) is 4.36. The number of hydrogen-bond donors (Lipinski definition) is 1. The minimum absolute atomic E-state index is 0.0679. The molecule has 0 aromatic carbocycles. The summed E-state index contributed by atoms with van der Waals surface area (Å²) in [7, 11) is 0. The van der Waals surface area contributed by atoms with Gasteiger partial charge in [-0.15, -0.1) is 0 Å². The van der Waals surface area contributed by atoms with Gasteiger partial charge in [0.15, 0.2) is 0 Å². The smallest absolute Gasteiger partial charge is 0.225 e. The number of nitrogens with one attached hydrogen (secondary N) is 1. The van der Waals surface area contributed by atoms with Gasteiger partial charge in [0.25, 0.3) is 0 Å². The van der Waals surface area contributed by atoms with Crippen LogP contribution in [0.25, 0.3) is 0 Å². The molecule has 0 aromatic rings. The van der Waals surface area contributed by atoms with E-state index < -0.39 is 0 Å². The molecule has 0 unspecified atom stereocenters. The molecule has 0 aliphatic heterocycles. The molecule has 1 rings (SSSR count). The number of alkyl halides is 1. The maximum atomic E-state index is 12.0. The second-order valence-corrected chi connectivity index (χ2v) is 6.21. The van der Waals surface area contributed by atoms with Crippen molar-refractivity contribution in [1.82, 2.24) is 5.32 Å². The molecule has 3 heteroatoms. The highest BCUT2D eigenvalue weighted by Gasteiger charge is 2.33. The first-order chi connectivity index (χ1) is 7.69. The van der Waals surface area contributed by atoms with Gasteiger partial charge in [0, 0.05) is 12.0 Å². The zero-order valence-corrected chi connectivity index (χ0v) is 12.5. The monoisotopic (exact) mass is 337 g/mol. The van der Waals surface area contributed by atoms with Crippen molar-refractivity contribution in [2.24, 2.45) is 5.41 Å². The van der Waals surface area contributed by atoms with Crippen molar-refractivity contribution in [3.63, 3.8) is 0 Å². The van der Waals surface area contributed by atoms with Crippen molar-refractivity contribution in [2.75, 3.05) is 11.0 Å². The van der Waals surface area contributed by atoms with Crippen LogP contribution in [0.15, 0.2) is 0 Å². The fraction of sp³-hybridized carbons (Fsp3) is 0.923. The van der Waals surface area contributed by atoms with E-state index in [1.165, 1.54) is 36.5 Å². The summed E-state index contributed by atoms with van der Waals surface area (Å²) in [5, 5.41) is 3.11. The predicted molar refractivity (Wildman–Crippen MR) is 76.9 cm³/mol. The Labute approximate surface area is 113 Å². The van der Waals surface area contributed by atoms with Gasteiger partial charge in [-0.05, 0) is 30.1 Å². The fourth-order valence-corrected chi connectivity index (χ4v) is 2.91. The van der Waals surface area contributed by atoms with E-state index in [1.807, 2.05) is 0 Å². The van der Waals surface area contributed by atoms with E-state index in [1.54, 1.807) is 0 Å². The largest absolute Gasteiger partial charge is 0.356 e. The molecular weight excluding hydrogens is 313 g/mol. The van der Waals surface area contributed by atoms with E-state index in [0.717, 1.165) is 25.8 Å². The Kier molecular flexibility index (Phi) is 6.70. The SMILES string of the molecule is CC1(C(=O)NCCCCCI)CCCCC1. The second-order valence-electron chi connectivity index (χ2n) is 5.13. The maximum Gasteiger partial charge on any atom is 0.225 e. The first kappa shape index (κ1) is 14.3. The van der Waals surface area contributed by atoms with Crippen LogP contribution >= 0.6 is 22.6 Å². The van der Waals surface area contributed by atoms with Gasteiger partial charge in [0.05, 0.1) is 0 Å². The Morgan fingerprint density at radius 1 is 1.19 bits per heavy atom. The second kappa shape index (κ2) is 7.51. The summed E-state index contributed by atoms with van der Waals surface area (Å²) in [5.74, 6) is 0.293. The van der Waals surface area contributed by atoms with Gasteiger partial charge < -0.3 is 5.32 Å². The van der Waals surface area contributed by atoms with Crippen LogP contribution in [-0.4, -0.2) is 16.9 Å². The zero-order chi connectivity index (χ0) is 11.9. The lowest BCUT2D eigenvalue weighted by atomic mass is 9.75. The molecule has 0 saturated heterocycles. The van der Waals surface area contributed by atoms with Crippen LogP contribution in [0, 0.1) is 5.41 Å². The molecule has 0 heterocycles. The Balaban J connectivity index is 2.18. The van der Waals surface area contributed by atoms with Gasteiger partial charge in [-0.1, -0.05) is 55.2 Å². The average molecular weight is 337 g/mol. The van der Waals surface area contributed by atoms with E-state index in [9.17, 15) is 4.79 Å². The number of carbonyl (C=O) groups excluding carboxylic acids is 1. The quantitative estimate of drug-likeness (QED) is 0.447. The topological polar surface area (TPSA) is 29.1 Å². The lowest BCUT2D eigenvalue weighted by Gasteiger charge is -2.32. The highest BCUT2D eigenvalue weighted by Crippen LogP contribution is 2.35. The standard InChI is InChI=1S/C13H24INO/c1-13(8-4-2-5-9-13)12(16)15-11-7-3-6-10-14/h2-11H2,1H3,(H,15,16). The van der Waals surface area contributed by atoms with Crippen molar-refractivity contribution in [3.05, 3.63) is 0 Å². The van der Waals surface area contributed by atoms with Crippen molar-refractivity contribution in [2.45, 2.75) is 58.3 Å². The van der Waals surface area contributed by atoms with Crippen LogP contribution in [-0.2, 0) is 4.79 Å². The number of amides is 1. The van der Waals surface area contributed by atoms with Crippen LogP contribution in [0.1, 0.15) is 58.3 Å². The van der Waals surface area contributed by atoms with Gasteiger partial charge in [0.1, 0.15) is 0 Å². The van der Waals surface area contributed by atoms with Crippen LogP contribution in [0.3, 0.4) is 0 Å². The molecule has 1 aliphatic carbocycles. The van der Waals surface area contributed by atoms with Crippen LogP contribution < -0.4 is 5.32 Å². The molecule has 0 atom stereocenters. The first-order valence-corrected chi connectivity index (χ1v) is 8.06. The molecular formula is C13H24INO. The third-order valence-electron chi connectivity index (χ3n) is 3.60. The summed E-state index contributed by atoms with van der Waals surface area (Å²) in [6.45, 7) is 3.00. The number of hydrogen-bond acceptors (Lipinski definition) is 1. The molecule has 1 saturated carbocycles. The summed E-state index contributed by atoms with van der Waals surface area (Å²) < 4.78 is 1.23. The van der Waals surface area contributed by atoms with Crippen LogP contribution in [0.2, 0.25) is 0 Å². The molecule has 0 spiro atoms. The molecule has 2 nitrogen and oxygen atoms in total. The van der Waals surface area contributed by atoms with E-state index in [0.29, 0.717) is 5.91 Å². The Bertz CT molecular complexity index is 212. The molecule has 0 aromatic heterocycles. The van der Waals surface area contributed by atoms with Crippen molar-refractivity contribution >= 4 is 28.5 Å². The Morgan fingerprint density at radius 2 is 1.88 bits per heavy atom. The molecule has 1 amide bonds. The predicted octanol–water partition coefficient (Wildman–Crippen LogP) is 3.68. The minimum atomic E-state index is -0.0679. The van der Waals surface area contributed by atoms with Crippen molar-refractivity contribution < 1.29 is 4.79 Å². The number of rotatable bonds is 6. The molecule has 0 bridgehead atoms. The van der Waals surface area contributed by atoms with E-state index in [-0.39, 0.29) is 5.41 Å². The van der Waals surface area contributed by atoms with E-state index >= 15 is 0 Å². The third kappa shape index (κ3) is 4.60. The van der Waals surface area contributed by atoms with E-state index in [4.69, 9.17) is 0 Å². The van der Waals surface area contributed by atoms with Crippen LogP contribution in [0.4, 0.5) is 0 Å². The number of halogens is 1. The molecule has 1 fully saturated rings. The van der Waals surface area contributed by atoms with Crippen molar-refractivity contribution in [1.29, 1.82) is 0 Å². The van der Waals surface area contributed by atoms with Gasteiger partial charge in [-0.25, -0.2) is 0 Å². The summed E-state index contributed by atoms with van der Waals surface area (Å²) in [6.07, 6.45) is 9.54. The highest BCUT2D eigenvalue weighted by molar-refractivity contribution is 14.1. The van der Waals surface area contributed by atoms with E-state index in [2.05, 4.69) is 34.8 Å². The van der Waals surface area contributed by atoms with Gasteiger partial charge in [0.2, 0.25) is 5.91 Å². The molecule has 16 heavy (non-hydrogen) atoms. The Hall–Kier alpha value is 0.200. The lowest BCUT2D eigenvalue weighted by molar-refractivity contribution is -0.131. The number of unbranched alkanes of at least 4 members (excludes halogenated alkanes) is 2. The summed E-state index contributed by atoms with van der Waals surface area (Å²) in [5.41, 5.74) is -0.0679. The van der Waals surface area contributed by atoms with Gasteiger partial charge in [-0.3, -0.25) is 4.79 Å². The van der Waals surface area contributed by atoms with Gasteiger partial charge in [-0.2, -0.15) is 0 Å². The minimum Gasteiger partial charge on any atom is -0.356 e. The van der Waals surface area contributed by atoms with Crippen LogP contribution in [0.5, 0.6) is 0 Å². The normalized spacial score (nSPS) is 19.4. The highest BCUT2D eigenvalue weighted by atomic mass is 127. The molecule has 1 aliphatic rings. The summed E-state index contributed by atoms with van der Waals surface area (Å²) in [4.78, 5) is 12.0. The zero-order valence-electron chi connectivity index (χ0n) is 10.4. The maximum absolute atomic E-state index is 12.0. The fourth-order valence-electron chi connectivity index (χ4n) is 2.37. The first-order valence-electron chi connectivity index (χ1n) is 6.53. The molecule has 94 valence electrons. The molecule has 1 N–H and O–H groups in total. The average Bonchev–Trinajstić information content (AvgIpc) is 2.29. The van der Waals surface area contributed by atoms with Gasteiger partial charge >= 0.3 is 0 Å². The molecule has 0 radical (unpaired) electrons. The van der Waals surface area contributed by atoms with Crippen molar-refractivity contribution in [3.8, 4) is 0 Å². The summed E-state index contributed by atoms with van der Waals surface area (Å²) >= 11 is 2.40. The number of carbonyl (C=O) groups is 1.